The van der Waals surface area contributed by atoms with Gasteiger partial charge in [-0.1, -0.05) is 152 Å². The Morgan fingerprint density at radius 3 is 1.33 bits per heavy atom. The molecule has 268 valence electrons. The fraction of sp³-hybridized carbons (Fsp3) is 0. The summed E-state index contributed by atoms with van der Waals surface area (Å²) in [5, 5.41) is 2.02. The molecule has 0 N–H and O–H groups in total. The molecule has 3 aromatic heterocycles. The smallest absolute Gasteiger partial charge is 0.239 e. The minimum absolute atomic E-state index is 0.458. The lowest BCUT2D eigenvalue weighted by molar-refractivity contribution is 0.477. The van der Waals surface area contributed by atoms with Crippen molar-refractivity contribution in [1.82, 2.24) is 34.5 Å². The van der Waals surface area contributed by atoms with E-state index in [9.17, 15) is 0 Å². The number of rotatable bonds is 6. The van der Waals surface area contributed by atoms with Gasteiger partial charge in [0.15, 0.2) is 34.8 Å². The summed E-state index contributed by atoms with van der Waals surface area (Å²) in [5.41, 5.74) is 6.94. The van der Waals surface area contributed by atoms with Crippen molar-refractivity contribution in [3.05, 3.63) is 182 Å². The van der Waals surface area contributed by atoms with Gasteiger partial charge in [-0.3, -0.25) is 9.47 Å². The SMILES string of the molecule is c1ccc(-c2nc(-c3ccccc3)nc(N3c4ccccc4Oc4cc5c6ccccc6n(-c6nc(-c7ccccc7)nc(-c7ccccc7)n6)c5cc43)n2)cc1. The Morgan fingerprint density at radius 2 is 0.789 bits per heavy atom. The molecule has 0 saturated heterocycles. The van der Waals surface area contributed by atoms with E-state index in [-0.39, 0.29) is 0 Å². The average molecular weight is 735 g/mol. The summed E-state index contributed by atoms with van der Waals surface area (Å²) in [4.78, 5) is 32.6. The van der Waals surface area contributed by atoms with Crippen LogP contribution in [0.2, 0.25) is 0 Å². The summed E-state index contributed by atoms with van der Waals surface area (Å²) >= 11 is 0. The largest absolute Gasteiger partial charge is 0.453 e. The minimum Gasteiger partial charge on any atom is -0.453 e. The summed E-state index contributed by atoms with van der Waals surface area (Å²) < 4.78 is 8.83. The second kappa shape index (κ2) is 13.4. The third-order valence-corrected chi connectivity index (χ3v) is 10.1. The third-order valence-electron chi connectivity index (χ3n) is 10.1. The Kier molecular flexibility index (Phi) is 7.60. The molecule has 0 bridgehead atoms. The van der Waals surface area contributed by atoms with E-state index < -0.39 is 0 Å². The molecule has 0 radical (unpaired) electrons. The van der Waals surface area contributed by atoms with Crippen molar-refractivity contribution < 1.29 is 4.74 Å². The lowest BCUT2D eigenvalue weighted by Gasteiger charge is -2.31. The molecule has 0 fully saturated rings. The van der Waals surface area contributed by atoms with Crippen LogP contribution in [0.3, 0.4) is 0 Å². The van der Waals surface area contributed by atoms with Gasteiger partial charge in [0, 0.05) is 33.0 Å². The Bertz CT molecular complexity index is 2980. The van der Waals surface area contributed by atoms with Gasteiger partial charge in [-0.15, -0.1) is 0 Å². The number of para-hydroxylation sites is 3. The van der Waals surface area contributed by atoms with Crippen LogP contribution in [0.4, 0.5) is 17.3 Å². The molecule has 7 aromatic carbocycles. The Labute approximate surface area is 327 Å². The maximum atomic E-state index is 6.72. The van der Waals surface area contributed by atoms with Gasteiger partial charge in [0.25, 0.3) is 0 Å². The molecule has 1 aliphatic rings. The number of hydrogen-bond acceptors (Lipinski definition) is 8. The second-order valence-corrected chi connectivity index (χ2v) is 13.6. The second-order valence-electron chi connectivity index (χ2n) is 13.6. The summed E-state index contributed by atoms with van der Waals surface area (Å²) in [6, 6.07) is 60.5. The zero-order valence-corrected chi connectivity index (χ0v) is 30.3. The lowest BCUT2D eigenvalue weighted by atomic mass is 10.1. The van der Waals surface area contributed by atoms with Gasteiger partial charge < -0.3 is 4.74 Å². The van der Waals surface area contributed by atoms with E-state index in [2.05, 4.69) is 33.7 Å². The molecule has 10 aromatic rings. The van der Waals surface area contributed by atoms with Crippen LogP contribution in [0.1, 0.15) is 0 Å². The summed E-state index contributed by atoms with van der Waals surface area (Å²) in [6.45, 7) is 0. The minimum atomic E-state index is 0.458. The van der Waals surface area contributed by atoms with E-state index >= 15 is 0 Å². The maximum Gasteiger partial charge on any atom is 0.239 e. The van der Waals surface area contributed by atoms with Crippen LogP contribution < -0.4 is 9.64 Å². The van der Waals surface area contributed by atoms with Crippen LogP contribution in [0.25, 0.3) is 73.3 Å². The lowest BCUT2D eigenvalue weighted by Crippen LogP contribution is -2.19. The highest BCUT2D eigenvalue weighted by atomic mass is 16.5. The number of hydrogen-bond donors (Lipinski definition) is 0. The first-order valence-corrected chi connectivity index (χ1v) is 18.6. The van der Waals surface area contributed by atoms with E-state index in [0.717, 1.165) is 55.4 Å². The van der Waals surface area contributed by atoms with Gasteiger partial charge in [0.2, 0.25) is 11.9 Å². The number of benzene rings is 7. The number of nitrogens with zero attached hydrogens (tertiary/aromatic N) is 8. The predicted octanol–water partition coefficient (Wildman–Crippen LogP) is 11.4. The summed E-state index contributed by atoms with van der Waals surface area (Å²) in [7, 11) is 0. The molecular formula is C48H30N8O. The number of anilines is 3. The van der Waals surface area contributed by atoms with Crippen LogP contribution in [0.15, 0.2) is 182 Å². The Hall–Kier alpha value is -8.04. The zero-order chi connectivity index (χ0) is 37.7. The van der Waals surface area contributed by atoms with Crippen LogP contribution in [0, 0.1) is 0 Å². The van der Waals surface area contributed by atoms with Crippen molar-refractivity contribution in [3.8, 4) is 63.0 Å². The normalized spacial score (nSPS) is 12.0. The van der Waals surface area contributed by atoms with E-state index in [1.165, 1.54) is 0 Å². The quantitative estimate of drug-likeness (QED) is 0.167. The molecule has 0 amide bonds. The molecule has 11 rings (SSSR count). The third kappa shape index (κ3) is 5.65. The maximum absolute atomic E-state index is 6.72. The Morgan fingerprint density at radius 1 is 0.333 bits per heavy atom. The fourth-order valence-electron chi connectivity index (χ4n) is 7.44. The molecule has 0 saturated carbocycles. The van der Waals surface area contributed by atoms with Crippen molar-refractivity contribution >= 4 is 39.1 Å². The van der Waals surface area contributed by atoms with Crippen molar-refractivity contribution in [2.24, 2.45) is 0 Å². The van der Waals surface area contributed by atoms with Crippen LogP contribution in [0.5, 0.6) is 11.5 Å². The van der Waals surface area contributed by atoms with Crippen LogP contribution >= 0.6 is 0 Å². The highest BCUT2D eigenvalue weighted by molar-refractivity contribution is 6.11. The van der Waals surface area contributed by atoms with Crippen molar-refractivity contribution in [2.75, 3.05) is 4.90 Å². The Balaban J connectivity index is 1.19. The zero-order valence-electron chi connectivity index (χ0n) is 30.3. The molecule has 9 nitrogen and oxygen atoms in total. The molecule has 4 heterocycles. The van der Waals surface area contributed by atoms with Gasteiger partial charge in [-0.05, 0) is 30.3 Å². The molecule has 0 spiro atoms. The molecule has 1 aliphatic heterocycles. The first-order valence-electron chi connectivity index (χ1n) is 18.6. The number of aromatic nitrogens is 7. The predicted molar refractivity (Wildman–Crippen MR) is 224 cm³/mol. The first kappa shape index (κ1) is 32.4. The first-order chi connectivity index (χ1) is 28.2. The van der Waals surface area contributed by atoms with E-state index in [1.54, 1.807) is 0 Å². The van der Waals surface area contributed by atoms with Gasteiger partial charge in [0.1, 0.15) is 0 Å². The highest BCUT2D eigenvalue weighted by Gasteiger charge is 2.31. The average Bonchev–Trinajstić information content (AvgIpc) is 3.61. The van der Waals surface area contributed by atoms with Crippen molar-refractivity contribution in [3.63, 3.8) is 0 Å². The van der Waals surface area contributed by atoms with Crippen molar-refractivity contribution in [1.29, 1.82) is 0 Å². The monoisotopic (exact) mass is 734 g/mol. The van der Waals surface area contributed by atoms with E-state index in [1.807, 2.05) is 158 Å². The van der Waals surface area contributed by atoms with E-state index in [0.29, 0.717) is 46.7 Å². The molecule has 57 heavy (non-hydrogen) atoms. The molecule has 9 heteroatoms. The van der Waals surface area contributed by atoms with Gasteiger partial charge >= 0.3 is 0 Å². The van der Waals surface area contributed by atoms with Gasteiger partial charge in [0.05, 0.1) is 22.4 Å². The molecule has 0 atom stereocenters. The topological polar surface area (TPSA) is 94.7 Å². The summed E-state index contributed by atoms with van der Waals surface area (Å²) in [5.74, 6) is 4.59. The molecular weight excluding hydrogens is 705 g/mol. The van der Waals surface area contributed by atoms with Gasteiger partial charge in [-0.25, -0.2) is 9.97 Å². The van der Waals surface area contributed by atoms with Gasteiger partial charge in [-0.2, -0.15) is 19.9 Å². The molecule has 0 aliphatic carbocycles. The standard InChI is InChI=1S/C48H30N8O/c1-5-17-31(18-6-1)43-49-44(32-19-7-2-8-20-32)52-47(51-43)55-37-26-14-13-25-35(37)36-29-42-40(30-39(36)55)56(38-27-15-16-28-41(38)57-42)48-53-45(33-21-9-3-10-22-33)50-46(54-48)34-23-11-4-12-24-34/h1-30H. The summed E-state index contributed by atoms with van der Waals surface area (Å²) in [6.07, 6.45) is 0. The number of ether oxygens (including phenoxy) is 1. The van der Waals surface area contributed by atoms with Crippen LogP contribution in [-0.4, -0.2) is 34.5 Å². The highest BCUT2D eigenvalue weighted by Crippen LogP contribution is 2.52. The van der Waals surface area contributed by atoms with Crippen molar-refractivity contribution in [2.45, 2.75) is 0 Å². The molecule has 0 unspecified atom stereocenters. The number of fused-ring (bicyclic) bond motifs is 5. The van der Waals surface area contributed by atoms with E-state index in [4.69, 9.17) is 34.6 Å². The fourth-order valence-corrected chi connectivity index (χ4v) is 7.44. The van der Waals surface area contributed by atoms with Crippen LogP contribution in [-0.2, 0) is 0 Å².